The molecule has 1 N–H and O–H groups in total. The number of Topliss-reactive ketones (excluding diaryl/α,β-unsaturated/α-hetero) is 1. The van der Waals surface area contributed by atoms with Gasteiger partial charge < -0.3 is 9.40 Å². The number of carbonyl (C=O) groups excluding carboxylic acids is 1. The highest BCUT2D eigenvalue weighted by molar-refractivity contribution is 5.97. The lowest BCUT2D eigenvalue weighted by Gasteiger charge is -1.93. The summed E-state index contributed by atoms with van der Waals surface area (Å²) < 4.78 is 5.52. The van der Waals surface area contributed by atoms with Gasteiger partial charge in [-0.25, -0.2) is 4.98 Å². The van der Waals surface area contributed by atoms with E-state index in [1.807, 2.05) is 31.2 Å². The molecule has 4 nitrogen and oxygen atoms in total. The second kappa shape index (κ2) is 3.84. The van der Waals surface area contributed by atoms with Gasteiger partial charge in [0.1, 0.15) is 5.76 Å². The van der Waals surface area contributed by atoms with Crippen LogP contribution in [0.4, 0.5) is 0 Å². The molecular formula is C14H12N2O2. The van der Waals surface area contributed by atoms with Gasteiger partial charge >= 0.3 is 0 Å². The lowest BCUT2D eigenvalue weighted by Crippen LogP contribution is -1.90. The predicted molar refractivity (Wildman–Crippen MR) is 68.5 cm³/mol. The highest BCUT2D eigenvalue weighted by atomic mass is 16.3. The van der Waals surface area contributed by atoms with Crippen LogP contribution in [0.5, 0.6) is 0 Å². The quantitative estimate of drug-likeness (QED) is 0.699. The van der Waals surface area contributed by atoms with Crippen LogP contribution in [0.25, 0.3) is 22.6 Å². The first-order valence-electron chi connectivity index (χ1n) is 5.71. The van der Waals surface area contributed by atoms with Crippen LogP contribution in [0.2, 0.25) is 0 Å². The van der Waals surface area contributed by atoms with Gasteiger partial charge in [-0.3, -0.25) is 4.79 Å². The molecule has 2 aromatic heterocycles. The summed E-state index contributed by atoms with van der Waals surface area (Å²) >= 11 is 0. The van der Waals surface area contributed by atoms with Crippen molar-refractivity contribution in [1.82, 2.24) is 9.97 Å². The van der Waals surface area contributed by atoms with Crippen molar-refractivity contribution >= 4 is 16.8 Å². The molecule has 3 rings (SSSR count). The number of imidazole rings is 1. The third-order valence-corrected chi connectivity index (χ3v) is 2.86. The van der Waals surface area contributed by atoms with Crippen molar-refractivity contribution in [1.29, 1.82) is 0 Å². The van der Waals surface area contributed by atoms with E-state index in [0.29, 0.717) is 17.1 Å². The standard InChI is InChI=1S/C14H12N2O2/c1-8-3-6-13(18-8)14-15-11-5-4-10(9(2)17)7-12(11)16-14/h3-7H,1-2H3,(H,15,16). The van der Waals surface area contributed by atoms with Gasteiger partial charge in [-0.2, -0.15) is 0 Å². The average molecular weight is 240 g/mol. The minimum Gasteiger partial charge on any atom is -0.458 e. The molecule has 0 radical (unpaired) electrons. The maximum absolute atomic E-state index is 11.3. The summed E-state index contributed by atoms with van der Waals surface area (Å²) in [5.74, 6) is 2.27. The Balaban J connectivity index is 2.13. The Hall–Kier alpha value is -2.36. The Bertz CT molecular complexity index is 737. The predicted octanol–water partition coefficient (Wildman–Crippen LogP) is 3.33. The summed E-state index contributed by atoms with van der Waals surface area (Å²) in [5, 5.41) is 0. The first-order chi connectivity index (χ1) is 8.63. The molecule has 3 aromatic rings. The molecular weight excluding hydrogens is 228 g/mol. The summed E-state index contributed by atoms with van der Waals surface area (Å²) in [6.07, 6.45) is 0. The molecule has 0 bridgehead atoms. The number of furan rings is 1. The van der Waals surface area contributed by atoms with Gasteiger partial charge in [0.05, 0.1) is 11.0 Å². The fraction of sp³-hybridized carbons (Fsp3) is 0.143. The number of hydrogen-bond donors (Lipinski definition) is 1. The molecule has 18 heavy (non-hydrogen) atoms. The van der Waals surface area contributed by atoms with Crippen LogP contribution in [-0.2, 0) is 0 Å². The number of nitrogens with zero attached hydrogens (tertiary/aromatic N) is 1. The van der Waals surface area contributed by atoms with E-state index in [1.165, 1.54) is 0 Å². The monoisotopic (exact) mass is 240 g/mol. The van der Waals surface area contributed by atoms with E-state index >= 15 is 0 Å². The molecule has 2 heterocycles. The van der Waals surface area contributed by atoms with Gasteiger partial charge in [-0.15, -0.1) is 0 Å². The molecule has 0 atom stereocenters. The van der Waals surface area contributed by atoms with E-state index in [4.69, 9.17) is 4.42 Å². The minimum atomic E-state index is 0.0434. The second-order valence-corrected chi connectivity index (χ2v) is 4.28. The smallest absolute Gasteiger partial charge is 0.174 e. The molecule has 0 saturated carbocycles. The minimum absolute atomic E-state index is 0.0434. The molecule has 90 valence electrons. The van der Waals surface area contributed by atoms with Crippen molar-refractivity contribution in [2.75, 3.05) is 0 Å². The molecule has 0 aliphatic carbocycles. The first-order valence-corrected chi connectivity index (χ1v) is 5.71. The fourth-order valence-corrected chi connectivity index (χ4v) is 1.91. The number of aromatic amines is 1. The maximum atomic E-state index is 11.3. The van der Waals surface area contributed by atoms with E-state index in [2.05, 4.69) is 9.97 Å². The SMILES string of the molecule is CC(=O)c1ccc2nc(-c3ccc(C)o3)[nH]c2c1. The van der Waals surface area contributed by atoms with Crippen LogP contribution in [-0.4, -0.2) is 15.8 Å². The molecule has 0 aliphatic heterocycles. The van der Waals surface area contributed by atoms with Crippen molar-refractivity contribution in [2.45, 2.75) is 13.8 Å². The van der Waals surface area contributed by atoms with Crippen molar-refractivity contribution in [3.63, 3.8) is 0 Å². The topological polar surface area (TPSA) is 58.9 Å². The Morgan fingerprint density at radius 3 is 2.78 bits per heavy atom. The van der Waals surface area contributed by atoms with Crippen LogP contribution >= 0.6 is 0 Å². The zero-order valence-corrected chi connectivity index (χ0v) is 10.2. The Kier molecular flexibility index (Phi) is 2.30. The van der Waals surface area contributed by atoms with Crippen LogP contribution in [0.15, 0.2) is 34.7 Å². The summed E-state index contributed by atoms with van der Waals surface area (Å²) in [4.78, 5) is 18.9. The number of hydrogen-bond acceptors (Lipinski definition) is 3. The van der Waals surface area contributed by atoms with Gasteiger partial charge in [0.15, 0.2) is 17.4 Å². The number of rotatable bonds is 2. The van der Waals surface area contributed by atoms with E-state index in [-0.39, 0.29) is 5.78 Å². The largest absolute Gasteiger partial charge is 0.458 e. The van der Waals surface area contributed by atoms with Gasteiger partial charge in [-0.05, 0) is 44.2 Å². The number of aryl methyl sites for hydroxylation is 1. The lowest BCUT2D eigenvalue weighted by atomic mass is 10.1. The highest BCUT2D eigenvalue weighted by Crippen LogP contribution is 2.23. The molecule has 4 heteroatoms. The summed E-state index contributed by atoms with van der Waals surface area (Å²) in [7, 11) is 0. The number of fused-ring (bicyclic) bond motifs is 1. The zero-order chi connectivity index (χ0) is 12.7. The van der Waals surface area contributed by atoms with Gasteiger partial charge in [0.25, 0.3) is 0 Å². The summed E-state index contributed by atoms with van der Waals surface area (Å²) in [6.45, 7) is 3.44. The second-order valence-electron chi connectivity index (χ2n) is 4.28. The highest BCUT2D eigenvalue weighted by Gasteiger charge is 2.09. The molecule has 0 unspecified atom stereocenters. The molecule has 1 aromatic carbocycles. The molecule has 0 aliphatic rings. The maximum Gasteiger partial charge on any atom is 0.174 e. The number of benzene rings is 1. The van der Waals surface area contributed by atoms with Gasteiger partial charge in [0, 0.05) is 5.56 Å². The van der Waals surface area contributed by atoms with Crippen LogP contribution in [0, 0.1) is 6.92 Å². The van der Waals surface area contributed by atoms with Gasteiger partial charge in [-0.1, -0.05) is 0 Å². The molecule has 0 saturated heterocycles. The number of aromatic nitrogens is 2. The zero-order valence-electron chi connectivity index (χ0n) is 10.2. The van der Waals surface area contributed by atoms with Crippen molar-refractivity contribution in [3.8, 4) is 11.6 Å². The first kappa shape index (κ1) is 10.8. The Morgan fingerprint density at radius 1 is 1.28 bits per heavy atom. The van der Waals surface area contributed by atoms with E-state index in [1.54, 1.807) is 13.0 Å². The molecule has 0 fully saturated rings. The fourth-order valence-electron chi connectivity index (χ4n) is 1.91. The summed E-state index contributed by atoms with van der Waals surface area (Å²) in [5.41, 5.74) is 2.34. The van der Waals surface area contributed by atoms with Crippen molar-refractivity contribution in [3.05, 3.63) is 41.7 Å². The van der Waals surface area contributed by atoms with Crippen molar-refractivity contribution in [2.24, 2.45) is 0 Å². The number of carbonyl (C=O) groups is 1. The van der Waals surface area contributed by atoms with E-state index in [0.717, 1.165) is 16.8 Å². The Labute approximate surface area is 104 Å². The third kappa shape index (κ3) is 1.72. The summed E-state index contributed by atoms with van der Waals surface area (Å²) in [6, 6.07) is 9.19. The molecule has 0 amide bonds. The van der Waals surface area contributed by atoms with Crippen LogP contribution in [0.1, 0.15) is 23.0 Å². The molecule has 0 spiro atoms. The average Bonchev–Trinajstić information content (AvgIpc) is 2.93. The van der Waals surface area contributed by atoms with Crippen LogP contribution in [0.3, 0.4) is 0 Å². The van der Waals surface area contributed by atoms with E-state index < -0.39 is 0 Å². The number of ketones is 1. The normalized spacial score (nSPS) is 11.0. The van der Waals surface area contributed by atoms with Gasteiger partial charge in [0.2, 0.25) is 0 Å². The van der Waals surface area contributed by atoms with Crippen LogP contribution < -0.4 is 0 Å². The number of nitrogens with one attached hydrogen (secondary N) is 1. The number of H-pyrrole nitrogens is 1. The Morgan fingerprint density at radius 2 is 2.11 bits per heavy atom. The van der Waals surface area contributed by atoms with Crippen molar-refractivity contribution < 1.29 is 9.21 Å². The van der Waals surface area contributed by atoms with E-state index in [9.17, 15) is 4.79 Å². The lowest BCUT2D eigenvalue weighted by molar-refractivity contribution is 0.101. The third-order valence-electron chi connectivity index (χ3n) is 2.86.